The first-order chi connectivity index (χ1) is 7.68. The molecule has 2 heterocycles. The summed E-state index contributed by atoms with van der Waals surface area (Å²) in [5.74, 6) is 0. The largest absolute Gasteiger partial charge is 0.308 e. The third kappa shape index (κ3) is 2.33. The fourth-order valence-corrected chi connectivity index (χ4v) is 2.47. The number of aromatic nitrogens is 2. The zero-order chi connectivity index (χ0) is 11.5. The predicted molar refractivity (Wildman–Crippen MR) is 67.5 cm³/mol. The highest BCUT2D eigenvalue weighted by Gasteiger charge is 2.08. The molecule has 0 spiro atoms. The van der Waals surface area contributed by atoms with E-state index in [-0.39, 0.29) is 0 Å². The molecule has 0 fully saturated rings. The average molecular weight is 235 g/mol. The number of aryl methyl sites for hydroxylation is 2. The van der Waals surface area contributed by atoms with Crippen LogP contribution in [0.25, 0.3) is 0 Å². The van der Waals surface area contributed by atoms with E-state index in [2.05, 4.69) is 41.8 Å². The van der Waals surface area contributed by atoms with Gasteiger partial charge in [-0.2, -0.15) is 5.10 Å². The maximum absolute atomic E-state index is 4.41. The van der Waals surface area contributed by atoms with Crippen molar-refractivity contribution in [2.45, 2.75) is 26.9 Å². The monoisotopic (exact) mass is 235 g/mol. The normalized spacial score (nSPS) is 10.9. The second kappa shape index (κ2) is 4.80. The molecule has 0 aliphatic rings. The molecule has 86 valence electrons. The van der Waals surface area contributed by atoms with Crippen molar-refractivity contribution in [3.63, 3.8) is 0 Å². The van der Waals surface area contributed by atoms with E-state index in [1.807, 2.05) is 11.7 Å². The van der Waals surface area contributed by atoms with E-state index < -0.39 is 0 Å². The Hall–Kier alpha value is -1.13. The van der Waals surface area contributed by atoms with Crippen LogP contribution in [0.1, 0.15) is 21.8 Å². The van der Waals surface area contributed by atoms with Crippen LogP contribution in [0.5, 0.6) is 0 Å². The van der Waals surface area contributed by atoms with Gasteiger partial charge in [-0.05, 0) is 25.3 Å². The summed E-state index contributed by atoms with van der Waals surface area (Å²) in [7, 11) is 1.99. The molecule has 0 aliphatic carbocycles. The third-order valence-electron chi connectivity index (χ3n) is 2.84. The van der Waals surface area contributed by atoms with Gasteiger partial charge in [-0.25, -0.2) is 0 Å². The summed E-state index contributed by atoms with van der Waals surface area (Å²) in [6.45, 7) is 6.01. The van der Waals surface area contributed by atoms with E-state index in [4.69, 9.17) is 0 Å². The number of thiophene rings is 1. The molecule has 0 saturated heterocycles. The highest BCUT2D eigenvalue weighted by atomic mass is 32.1. The predicted octanol–water partition coefficient (Wildman–Crippen LogP) is 2.39. The van der Waals surface area contributed by atoms with Crippen LogP contribution in [-0.4, -0.2) is 9.78 Å². The summed E-state index contributed by atoms with van der Waals surface area (Å²) in [6, 6.07) is 4.24. The van der Waals surface area contributed by atoms with Gasteiger partial charge in [0, 0.05) is 36.3 Å². The molecule has 0 unspecified atom stereocenters. The number of nitrogens with zero attached hydrogens (tertiary/aromatic N) is 2. The van der Waals surface area contributed by atoms with E-state index >= 15 is 0 Å². The van der Waals surface area contributed by atoms with Crippen LogP contribution in [0.4, 0.5) is 0 Å². The molecule has 4 heteroatoms. The summed E-state index contributed by atoms with van der Waals surface area (Å²) >= 11 is 1.79. The summed E-state index contributed by atoms with van der Waals surface area (Å²) < 4.78 is 1.94. The quantitative estimate of drug-likeness (QED) is 0.882. The first-order valence-electron chi connectivity index (χ1n) is 5.40. The number of hydrogen-bond acceptors (Lipinski definition) is 3. The molecule has 0 atom stereocenters. The molecular weight excluding hydrogens is 218 g/mol. The minimum Gasteiger partial charge on any atom is -0.308 e. The Morgan fingerprint density at radius 1 is 1.38 bits per heavy atom. The van der Waals surface area contributed by atoms with Crippen LogP contribution in [-0.2, 0) is 20.1 Å². The highest BCUT2D eigenvalue weighted by molar-refractivity contribution is 7.09. The van der Waals surface area contributed by atoms with E-state index in [0.717, 1.165) is 18.8 Å². The van der Waals surface area contributed by atoms with Crippen LogP contribution in [0, 0.1) is 13.8 Å². The minimum absolute atomic E-state index is 0.892. The van der Waals surface area contributed by atoms with Crippen LogP contribution in [0.3, 0.4) is 0 Å². The maximum atomic E-state index is 4.41. The van der Waals surface area contributed by atoms with Gasteiger partial charge in [0.1, 0.15) is 0 Å². The second-order valence-electron chi connectivity index (χ2n) is 3.96. The molecule has 0 aromatic carbocycles. The lowest BCUT2D eigenvalue weighted by Crippen LogP contribution is -2.13. The Kier molecular flexibility index (Phi) is 3.41. The first kappa shape index (κ1) is 11.4. The van der Waals surface area contributed by atoms with E-state index in [1.54, 1.807) is 11.3 Å². The third-order valence-corrected chi connectivity index (χ3v) is 3.72. The molecule has 3 nitrogen and oxygen atoms in total. The smallest absolute Gasteiger partial charge is 0.0641 e. The van der Waals surface area contributed by atoms with Gasteiger partial charge in [0.2, 0.25) is 0 Å². The molecule has 2 aromatic heterocycles. The fraction of sp³-hybridized carbons (Fsp3) is 0.417. The molecule has 0 bridgehead atoms. The average Bonchev–Trinajstić information content (AvgIpc) is 2.82. The Labute approximate surface area is 100 Å². The van der Waals surface area contributed by atoms with Crippen molar-refractivity contribution in [1.82, 2.24) is 15.1 Å². The van der Waals surface area contributed by atoms with Crippen LogP contribution < -0.4 is 5.32 Å². The fourth-order valence-electron chi connectivity index (χ4n) is 1.80. The molecule has 0 saturated carbocycles. The summed E-state index contributed by atoms with van der Waals surface area (Å²) in [6.07, 6.45) is 0. The molecule has 16 heavy (non-hydrogen) atoms. The van der Waals surface area contributed by atoms with Gasteiger partial charge in [-0.1, -0.05) is 6.07 Å². The molecule has 0 aliphatic heterocycles. The minimum atomic E-state index is 0.892. The number of hydrogen-bond donors (Lipinski definition) is 1. The van der Waals surface area contributed by atoms with Gasteiger partial charge in [0.05, 0.1) is 5.69 Å². The first-order valence-corrected chi connectivity index (χ1v) is 6.28. The summed E-state index contributed by atoms with van der Waals surface area (Å²) in [4.78, 5) is 1.37. The van der Waals surface area contributed by atoms with Gasteiger partial charge in [0.15, 0.2) is 0 Å². The van der Waals surface area contributed by atoms with Crippen LogP contribution >= 0.6 is 11.3 Å². The van der Waals surface area contributed by atoms with E-state index in [0.29, 0.717) is 0 Å². The number of nitrogens with one attached hydrogen (secondary N) is 1. The summed E-state index contributed by atoms with van der Waals surface area (Å²) in [5, 5.41) is 9.97. The van der Waals surface area contributed by atoms with Crippen LogP contribution in [0.2, 0.25) is 0 Å². The standard InChI is InChI=1S/C12H17N3S/c1-9-12(10(2)15(3)14-9)8-13-7-11-5-4-6-16-11/h4-6,13H,7-8H2,1-3H3. The van der Waals surface area contributed by atoms with Gasteiger partial charge in [0.25, 0.3) is 0 Å². The van der Waals surface area contributed by atoms with Gasteiger partial charge in [-0.3, -0.25) is 4.68 Å². The Balaban J connectivity index is 1.95. The molecule has 2 rings (SSSR count). The Bertz CT molecular complexity index is 457. The van der Waals surface area contributed by atoms with Crippen molar-refractivity contribution >= 4 is 11.3 Å². The molecule has 0 radical (unpaired) electrons. The van der Waals surface area contributed by atoms with Gasteiger partial charge >= 0.3 is 0 Å². The van der Waals surface area contributed by atoms with E-state index in [1.165, 1.54) is 16.1 Å². The lowest BCUT2D eigenvalue weighted by atomic mass is 10.2. The lowest BCUT2D eigenvalue weighted by Gasteiger charge is -2.03. The topological polar surface area (TPSA) is 29.9 Å². The van der Waals surface area contributed by atoms with Crippen molar-refractivity contribution in [3.05, 3.63) is 39.3 Å². The summed E-state index contributed by atoms with van der Waals surface area (Å²) in [5.41, 5.74) is 3.69. The van der Waals surface area contributed by atoms with Crippen LogP contribution in [0.15, 0.2) is 17.5 Å². The Morgan fingerprint density at radius 2 is 2.19 bits per heavy atom. The van der Waals surface area contributed by atoms with Crippen molar-refractivity contribution in [2.75, 3.05) is 0 Å². The highest BCUT2D eigenvalue weighted by Crippen LogP contribution is 2.12. The van der Waals surface area contributed by atoms with Gasteiger partial charge in [-0.15, -0.1) is 11.3 Å². The lowest BCUT2D eigenvalue weighted by molar-refractivity contribution is 0.690. The van der Waals surface area contributed by atoms with E-state index in [9.17, 15) is 0 Å². The molecular formula is C12H17N3S. The molecule has 0 amide bonds. The van der Waals surface area contributed by atoms with Crippen molar-refractivity contribution < 1.29 is 0 Å². The Morgan fingerprint density at radius 3 is 2.75 bits per heavy atom. The maximum Gasteiger partial charge on any atom is 0.0641 e. The zero-order valence-corrected chi connectivity index (χ0v) is 10.8. The van der Waals surface area contributed by atoms with Crippen molar-refractivity contribution in [3.8, 4) is 0 Å². The number of rotatable bonds is 4. The second-order valence-corrected chi connectivity index (χ2v) is 4.99. The van der Waals surface area contributed by atoms with Crippen molar-refractivity contribution in [2.24, 2.45) is 7.05 Å². The zero-order valence-electron chi connectivity index (χ0n) is 9.95. The van der Waals surface area contributed by atoms with Crippen molar-refractivity contribution in [1.29, 1.82) is 0 Å². The SMILES string of the molecule is Cc1nn(C)c(C)c1CNCc1cccs1. The molecule has 2 aromatic rings. The molecule has 1 N–H and O–H groups in total. The van der Waals surface area contributed by atoms with Gasteiger partial charge < -0.3 is 5.32 Å².